The number of rotatable bonds is 7. The molecule has 3 rings (SSSR count). The SMILES string of the molecule is CC(C)Nc1nc(NCc2ccc([N+](=O)[O-])cc2)cc(-c2ccccc2)n1. The molecular weight excluding hydrogens is 342 g/mol. The van der Waals surface area contributed by atoms with E-state index in [2.05, 4.69) is 20.6 Å². The van der Waals surface area contributed by atoms with Gasteiger partial charge in [0.2, 0.25) is 5.95 Å². The third-order valence-corrected chi connectivity index (χ3v) is 3.83. The molecule has 7 nitrogen and oxygen atoms in total. The van der Waals surface area contributed by atoms with Gasteiger partial charge in [-0.05, 0) is 19.4 Å². The molecule has 0 saturated carbocycles. The van der Waals surface area contributed by atoms with Crippen molar-refractivity contribution in [3.8, 4) is 11.3 Å². The largest absolute Gasteiger partial charge is 0.366 e. The second kappa shape index (κ2) is 8.27. The van der Waals surface area contributed by atoms with Crippen LogP contribution in [0.5, 0.6) is 0 Å². The van der Waals surface area contributed by atoms with E-state index in [1.165, 1.54) is 12.1 Å². The van der Waals surface area contributed by atoms with Gasteiger partial charge in [-0.25, -0.2) is 4.98 Å². The average Bonchev–Trinajstić information content (AvgIpc) is 2.66. The van der Waals surface area contributed by atoms with Crippen molar-refractivity contribution < 1.29 is 4.92 Å². The summed E-state index contributed by atoms with van der Waals surface area (Å²) >= 11 is 0. The van der Waals surface area contributed by atoms with Crippen molar-refractivity contribution in [2.75, 3.05) is 10.6 Å². The van der Waals surface area contributed by atoms with E-state index in [1.54, 1.807) is 12.1 Å². The minimum atomic E-state index is -0.405. The van der Waals surface area contributed by atoms with Crippen LogP contribution >= 0.6 is 0 Å². The molecule has 0 spiro atoms. The van der Waals surface area contributed by atoms with Crippen molar-refractivity contribution in [2.45, 2.75) is 26.4 Å². The molecule has 0 aliphatic heterocycles. The van der Waals surface area contributed by atoms with Crippen LogP contribution < -0.4 is 10.6 Å². The monoisotopic (exact) mass is 363 g/mol. The van der Waals surface area contributed by atoms with Crippen LogP contribution in [0.1, 0.15) is 19.4 Å². The first-order valence-corrected chi connectivity index (χ1v) is 8.69. The highest BCUT2D eigenvalue weighted by molar-refractivity contribution is 5.64. The smallest absolute Gasteiger partial charge is 0.269 e. The Hall–Kier alpha value is -3.48. The number of anilines is 2. The van der Waals surface area contributed by atoms with Crippen LogP contribution in [-0.4, -0.2) is 20.9 Å². The Labute approximate surface area is 157 Å². The Bertz CT molecular complexity index is 911. The van der Waals surface area contributed by atoms with Gasteiger partial charge in [0.15, 0.2) is 0 Å². The lowest BCUT2D eigenvalue weighted by Crippen LogP contribution is -2.14. The number of nitro groups is 1. The fourth-order valence-electron chi connectivity index (χ4n) is 2.55. The number of hydrogen-bond donors (Lipinski definition) is 2. The molecule has 138 valence electrons. The van der Waals surface area contributed by atoms with E-state index < -0.39 is 4.92 Å². The van der Waals surface area contributed by atoms with Gasteiger partial charge in [0.25, 0.3) is 5.69 Å². The summed E-state index contributed by atoms with van der Waals surface area (Å²) in [4.78, 5) is 19.5. The lowest BCUT2D eigenvalue weighted by Gasteiger charge is -2.13. The minimum absolute atomic E-state index is 0.0792. The Morgan fingerprint density at radius 1 is 1.04 bits per heavy atom. The summed E-state index contributed by atoms with van der Waals surface area (Å²) in [6, 6.07) is 18.5. The number of aromatic nitrogens is 2. The predicted octanol–water partition coefficient (Wildman–Crippen LogP) is 4.48. The van der Waals surface area contributed by atoms with Crippen LogP contribution in [0.3, 0.4) is 0 Å². The quantitative estimate of drug-likeness (QED) is 0.475. The number of nitro benzene ring substituents is 1. The summed E-state index contributed by atoms with van der Waals surface area (Å²) in [5.74, 6) is 1.24. The van der Waals surface area contributed by atoms with Gasteiger partial charge in [-0.15, -0.1) is 0 Å². The summed E-state index contributed by atoms with van der Waals surface area (Å²) in [6.07, 6.45) is 0. The highest BCUT2D eigenvalue weighted by atomic mass is 16.6. The minimum Gasteiger partial charge on any atom is -0.366 e. The van der Waals surface area contributed by atoms with Crippen LogP contribution in [-0.2, 0) is 6.54 Å². The Balaban J connectivity index is 1.82. The number of benzene rings is 2. The standard InChI is InChI=1S/C20H21N5O2/c1-14(2)22-20-23-18(16-6-4-3-5-7-16)12-19(24-20)21-13-15-8-10-17(11-9-15)25(26)27/h3-12,14H,13H2,1-2H3,(H2,21,22,23,24). The molecule has 1 aromatic heterocycles. The molecule has 0 unspecified atom stereocenters. The van der Waals surface area contributed by atoms with E-state index in [1.807, 2.05) is 50.2 Å². The fourth-order valence-corrected chi connectivity index (χ4v) is 2.55. The third kappa shape index (κ3) is 5.01. The van der Waals surface area contributed by atoms with Gasteiger partial charge in [0.1, 0.15) is 5.82 Å². The van der Waals surface area contributed by atoms with Crippen LogP contribution in [0, 0.1) is 10.1 Å². The van der Waals surface area contributed by atoms with E-state index in [0.29, 0.717) is 18.3 Å². The van der Waals surface area contributed by atoms with Crippen LogP contribution in [0.4, 0.5) is 17.5 Å². The first-order chi connectivity index (χ1) is 13.0. The molecule has 2 aromatic carbocycles. The second-order valence-electron chi connectivity index (χ2n) is 6.40. The Kier molecular flexibility index (Phi) is 5.61. The topological polar surface area (TPSA) is 93.0 Å². The molecule has 0 aliphatic carbocycles. The van der Waals surface area contributed by atoms with E-state index in [-0.39, 0.29) is 11.7 Å². The van der Waals surface area contributed by atoms with Gasteiger partial charge in [-0.2, -0.15) is 4.98 Å². The third-order valence-electron chi connectivity index (χ3n) is 3.83. The maximum Gasteiger partial charge on any atom is 0.269 e. The zero-order valence-corrected chi connectivity index (χ0v) is 15.2. The highest BCUT2D eigenvalue weighted by Crippen LogP contribution is 2.22. The molecule has 0 amide bonds. The normalized spacial score (nSPS) is 10.6. The van der Waals surface area contributed by atoms with Crippen molar-refractivity contribution in [3.05, 3.63) is 76.3 Å². The zero-order valence-electron chi connectivity index (χ0n) is 15.2. The fraction of sp³-hybridized carbons (Fsp3) is 0.200. The average molecular weight is 363 g/mol. The van der Waals surface area contributed by atoms with Crippen LogP contribution in [0.2, 0.25) is 0 Å². The van der Waals surface area contributed by atoms with E-state index in [9.17, 15) is 10.1 Å². The van der Waals surface area contributed by atoms with E-state index in [0.717, 1.165) is 16.8 Å². The summed E-state index contributed by atoms with van der Waals surface area (Å²) in [5, 5.41) is 17.3. The van der Waals surface area contributed by atoms with Gasteiger partial charge in [-0.1, -0.05) is 42.5 Å². The molecule has 0 bridgehead atoms. The molecule has 1 heterocycles. The first-order valence-electron chi connectivity index (χ1n) is 8.69. The van der Waals surface area contributed by atoms with Crippen LogP contribution in [0.25, 0.3) is 11.3 Å². The lowest BCUT2D eigenvalue weighted by atomic mass is 10.1. The Morgan fingerprint density at radius 3 is 2.37 bits per heavy atom. The molecule has 0 saturated heterocycles. The van der Waals surface area contributed by atoms with Gasteiger partial charge in [-0.3, -0.25) is 10.1 Å². The van der Waals surface area contributed by atoms with Crippen molar-refractivity contribution in [2.24, 2.45) is 0 Å². The van der Waals surface area contributed by atoms with Crippen LogP contribution in [0.15, 0.2) is 60.7 Å². The molecule has 7 heteroatoms. The molecule has 0 aliphatic rings. The van der Waals surface area contributed by atoms with Crippen molar-refractivity contribution >= 4 is 17.5 Å². The molecule has 0 fully saturated rings. The number of hydrogen-bond acceptors (Lipinski definition) is 6. The summed E-state index contributed by atoms with van der Waals surface area (Å²) < 4.78 is 0. The summed E-state index contributed by atoms with van der Waals surface area (Å²) in [6.45, 7) is 4.56. The summed E-state index contributed by atoms with van der Waals surface area (Å²) in [5.41, 5.74) is 2.83. The van der Waals surface area contributed by atoms with Gasteiger partial charge in [0, 0.05) is 36.3 Å². The number of non-ortho nitro benzene ring substituents is 1. The van der Waals surface area contributed by atoms with Crippen molar-refractivity contribution in [1.29, 1.82) is 0 Å². The lowest BCUT2D eigenvalue weighted by molar-refractivity contribution is -0.384. The van der Waals surface area contributed by atoms with Crippen molar-refractivity contribution in [3.63, 3.8) is 0 Å². The zero-order chi connectivity index (χ0) is 19.2. The molecule has 2 N–H and O–H groups in total. The first kappa shape index (κ1) is 18.3. The molecule has 0 radical (unpaired) electrons. The van der Waals surface area contributed by atoms with Gasteiger partial charge >= 0.3 is 0 Å². The second-order valence-corrected chi connectivity index (χ2v) is 6.40. The maximum atomic E-state index is 10.8. The predicted molar refractivity (Wildman–Crippen MR) is 107 cm³/mol. The Morgan fingerprint density at radius 2 is 1.74 bits per heavy atom. The van der Waals surface area contributed by atoms with E-state index in [4.69, 9.17) is 0 Å². The molecule has 0 atom stereocenters. The maximum absolute atomic E-state index is 10.8. The molecule has 27 heavy (non-hydrogen) atoms. The molecular formula is C20H21N5O2. The molecule has 3 aromatic rings. The van der Waals surface area contributed by atoms with Gasteiger partial charge in [0.05, 0.1) is 10.6 Å². The number of nitrogens with zero attached hydrogens (tertiary/aromatic N) is 3. The number of nitrogens with one attached hydrogen (secondary N) is 2. The van der Waals surface area contributed by atoms with Crippen molar-refractivity contribution in [1.82, 2.24) is 9.97 Å². The summed E-state index contributed by atoms with van der Waals surface area (Å²) in [7, 11) is 0. The van der Waals surface area contributed by atoms with Gasteiger partial charge < -0.3 is 10.6 Å². The highest BCUT2D eigenvalue weighted by Gasteiger charge is 2.08. The van der Waals surface area contributed by atoms with E-state index >= 15 is 0 Å².